The molecule has 1 saturated heterocycles. The Hall–Kier alpha value is -1.64. The Balaban J connectivity index is 1.95. The molecule has 4 N–H and O–H groups in total. The normalized spacial score (nSPS) is 18.8. The van der Waals surface area contributed by atoms with Crippen LogP contribution in [0.2, 0.25) is 0 Å². The molecule has 0 bridgehead atoms. The summed E-state index contributed by atoms with van der Waals surface area (Å²) in [4.78, 5) is 11.8. The number of nitrogens with two attached hydrogens (primary N) is 1. The fourth-order valence-corrected chi connectivity index (χ4v) is 2.50. The van der Waals surface area contributed by atoms with E-state index in [1.165, 1.54) is 6.07 Å². The first-order valence-corrected chi connectivity index (χ1v) is 7.79. The number of benzene rings is 1. The molecule has 1 heterocycles. The van der Waals surface area contributed by atoms with Gasteiger partial charge in [0, 0.05) is 12.3 Å². The fraction of sp³-hybridized carbons (Fsp3) is 0.417. The highest BCUT2D eigenvalue weighted by Crippen LogP contribution is 2.18. The number of hydrogen-bond donors (Lipinski definition) is 3. The Morgan fingerprint density at radius 3 is 2.80 bits per heavy atom. The first-order valence-electron chi connectivity index (χ1n) is 6.24. The van der Waals surface area contributed by atoms with E-state index in [1.807, 2.05) is 0 Å². The number of nitrogens with one attached hydrogen (secondary N) is 2. The lowest BCUT2D eigenvalue weighted by atomic mass is 10.1. The predicted molar refractivity (Wildman–Crippen MR) is 75.4 cm³/mol. The van der Waals surface area contributed by atoms with Gasteiger partial charge in [-0.15, -0.1) is 0 Å². The van der Waals surface area contributed by atoms with Gasteiger partial charge in [0.15, 0.2) is 0 Å². The van der Waals surface area contributed by atoms with Crippen LogP contribution in [0.25, 0.3) is 0 Å². The van der Waals surface area contributed by atoms with Crippen molar-refractivity contribution >= 4 is 27.5 Å². The Labute approximate surface area is 117 Å². The standard InChI is InChI=1S/C12H17N3O4S/c13-20(17,18)15-10-4-1-3-9(7-10)14-12(16)8-11-5-2-6-19-11/h1,3-4,7,11,15H,2,5-6,8H2,(H,14,16)(H2,13,17,18). The number of ether oxygens (including phenoxy) is 1. The van der Waals surface area contributed by atoms with Crippen LogP contribution in [0.1, 0.15) is 19.3 Å². The smallest absolute Gasteiger partial charge is 0.296 e. The predicted octanol–water partition coefficient (Wildman–Crippen LogP) is 0.810. The molecule has 0 saturated carbocycles. The number of carbonyl (C=O) groups is 1. The van der Waals surface area contributed by atoms with Crippen molar-refractivity contribution in [2.75, 3.05) is 16.6 Å². The zero-order valence-corrected chi connectivity index (χ0v) is 11.7. The second kappa shape index (κ2) is 6.21. The van der Waals surface area contributed by atoms with Crippen LogP contribution in [0.4, 0.5) is 11.4 Å². The molecule has 1 fully saturated rings. The molecule has 1 unspecified atom stereocenters. The van der Waals surface area contributed by atoms with Gasteiger partial charge >= 0.3 is 0 Å². The Bertz CT molecular complexity index is 582. The summed E-state index contributed by atoms with van der Waals surface area (Å²) in [5, 5.41) is 7.59. The van der Waals surface area contributed by atoms with Crippen molar-refractivity contribution in [3.8, 4) is 0 Å². The van der Waals surface area contributed by atoms with Crippen molar-refractivity contribution in [1.82, 2.24) is 0 Å². The summed E-state index contributed by atoms with van der Waals surface area (Å²) < 4.78 is 29.4. The minimum atomic E-state index is -3.82. The summed E-state index contributed by atoms with van der Waals surface area (Å²) in [6.45, 7) is 0.700. The molecule has 7 nitrogen and oxygen atoms in total. The molecule has 110 valence electrons. The zero-order chi connectivity index (χ0) is 14.6. The molecule has 0 spiro atoms. The third-order valence-corrected chi connectivity index (χ3v) is 3.36. The van der Waals surface area contributed by atoms with Crippen LogP contribution in [0.5, 0.6) is 0 Å². The molecule has 1 amide bonds. The number of amides is 1. The average Bonchev–Trinajstić information content (AvgIpc) is 2.79. The molecule has 1 aromatic rings. The largest absolute Gasteiger partial charge is 0.378 e. The molecule has 0 aliphatic carbocycles. The molecule has 1 aromatic carbocycles. The van der Waals surface area contributed by atoms with Crippen molar-refractivity contribution in [2.24, 2.45) is 5.14 Å². The van der Waals surface area contributed by atoms with E-state index in [2.05, 4.69) is 10.0 Å². The summed E-state index contributed by atoms with van der Waals surface area (Å²) >= 11 is 0. The molecule has 8 heteroatoms. The van der Waals surface area contributed by atoms with Gasteiger partial charge in [0.05, 0.1) is 18.2 Å². The van der Waals surface area contributed by atoms with Crippen LogP contribution in [-0.4, -0.2) is 27.0 Å². The maximum atomic E-state index is 11.8. The summed E-state index contributed by atoms with van der Waals surface area (Å²) in [5.41, 5.74) is 0.795. The maximum absolute atomic E-state index is 11.8. The van der Waals surface area contributed by atoms with E-state index in [4.69, 9.17) is 9.88 Å². The minimum Gasteiger partial charge on any atom is -0.378 e. The molecule has 1 aliphatic rings. The Kier molecular flexibility index (Phi) is 4.58. The lowest BCUT2D eigenvalue weighted by Gasteiger charge is -2.11. The van der Waals surface area contributed by atoms with Crippen molar-refractivity contribution < 1.29 is 17.9 Å². The van der Waals surface area contributed by atoms with Crippen molar-refractivity contribution in [1.29, 1.82) is 0 Å². The van der Waals surface area contributed by atoms with Gasteiger partial charge in [-0.1, -0.05) is 6.07 Å². The molecule has 2 rings (SSSR count). The van der Waals surface area contributed by atoms with Crippen LogP contribution in [-0.2, 0) is 19.7 Å². The molecular formula is C12H17N3O4S. The molecule has 1 aliphatic heterocycles. The lowest BCUT2D eigenvalue weighted by Crippen LogP contribution is -2.22. The fourth-order valence-electron chi connectivity index (χ4n) is 2.05. The van der Waals surface area contributed by atoms with Crippen LogP contribution >= 0.6 is 0 Å². The Morgan fingerprint density at radius 2 is 2.15 bits per heavy atom. The SMILES string of the molecule is NS(=O)(=O)Nc1cccc(NC(=O)CC2CCCO2)c1. The summed E-state index contributed by atoms with van der Waals surface area (Å²) in [5.74, 6) is -0.162. The highest BCUT2D eigenvalue weighted by Gasteiger charge is 2.19. The molecule has 1 atom stereocenters. The third-order valence-electron chi connectivity index (χ3n) is 2.84. The van der Waals surface area contributed by atoms with Crippen LogP contribution in [0.3, 0.4) is 0 Å². The van der Waals surface area contributed by atoms with E-state index >= 15 is 0 Å². The maximum Gasteiger partial charge on any atom is 0.296 e. The van der Waals surface area contributed by atoms with Crippen LogP contribution < -0.4 is 15.2 Å². The quantitative estimate of drug-likeness (QED) is 0.747. The number of anilines is 2. The van der Waals surface area contributed by atoms with E-state index in [9.17, 15) is 13.2 Å². The number of hydrogen-bond acceptors (Lipinski definition) is 4. The third kappa shape index (κ3) is 4.80. The van der Waals surface area contributed by atoms with Gasteiger partial charge in [-0.25, -0.2) is 5.14 Å². The van der Waals surface area contributed by atoms with Gasteiger partial charge in [-0.3, -0.25) is 9.52 Å². The number of carbonyl (C=O) groups excluding carboxylic acids is 1. The second-order valence-corrected chi connectivity index (χ2v) is 5.91. The van der Waals surface area contributed by atoms with E-state index < -0.39 is 10.2 Å². The van der Waals surface area contributed by atoms with E-state index in [-0.39, 0.29) is 12.0 Å². The highest BCUT2D eigenvalue weighted by atomic mass is 32.2. The second-order valence-electron chi connectivity index (χ2n) is 4.62. The lowest BCUT2D eigenvalue weighted by molar-refractivity contribution is -0.118. The average molecular weight is 299 g/mol. The molecule has 20 heavy (non-hydrogen) atoms. The van der Waals surface area contributed by atoms with Gasteiger partial charge in [0.2, 0.25) is 5.91 Å². The first kappa shape index (κ1) is 14.8. The topological polar surface area (TPSA) is 111 Å². The molecule has 0 aromatic heterocycles. The van der Waals surface area contributed by atoms with Gasteiger partial charge < -0.3 is 10.1 Å². The minimum absolute atomic E-state index is 0.0271. The first-order chi connectivity index (χ1) is 9.42. The van der Waals surface area contributed by atoms with Gasteiger partial charge in [0.25, 0.3) is 10.2 Å². The van der Waals surface area contributed by atoms with E-state index in [0.717, 1.165) is 12.8 Å². The van der Waals surface area contributed by atoms with E-state index in [0.29, 0.717) is 24.4 Å². The van der Waals surface area contributed by atoms with Crippen LogP contribution in [0, 0.1) is 0 Å². The van der Waals surface area contributed by atoms with Crippen molar-refractivity contribution in [3.05, 3.63) is 24.3 Å². The summed E-state index contributed by atoms with van der Waals surface area (Å²) in [6.07, 6.45) is 2.14. The van der Waals surface area contributed by atoms with Crippen molar-refractivity contribution in [3.63, 3.8) is 0 Å². The van der Waals surface area contributed by atoms with Gasteiger partial charge in [-0.2, -0.15) is 8.42 Å². The Morgan fingerprint density at radius 1 is 1.40 bits per heavy atom. The van der Waals surface area contributed by atoms with Crippen molar-refractivity contribution in [2.45, 2.75) is 25.4 Å². The zero-order valence-electron chi connectivity index (χ0n) is 10.8. The summed E-state index contributed by atoms with van der Waals surface area (Å²) in [7, 11) is -3.82. The monoisotopic (exact) mass is 299 g/mol. The molecular weight excluding hydrogens is 282 g/mol. The number of rotatable bonds is 5. The van der Waals surface area contributed by atoms with Gasteiger partial charge in [-0.05, 0) is 31.0 Å². The molecule has 0 radical (unpaired) electrons. The summed E-state index contributed by atoms with van der Waals surface area (Å²) in [6, 6.07) is 6.33. The highest BCUT2D eigenvalue weighted by molar-refractivity contribution is 7.90. The van der Waals surface area contributed by atoms with Gasteiger partial charge in [0.1, 0.15) is 0 Å². The van der Waals surface area contributed by atoms with E-state index in [1.54, 1.807) is 18.2 Å². The van der Waals surface area contributed by atoms with Crippen LogP contribution in [0.15, 0.2) is 24.3 Å².